The van der Waals surface area contributed by atoms with Crippen LogP contribution in [-0.2, 0) is 19.5 Å². The van der Waals surface area contributed by atoms with E-state index >= 15 is 0 Å². The molecule has 0 aromatic carbocycles. The summed E-state index contributed by atoms with van der Waals surface area (Å²) in [6, 6.07) is 4.32. The van der Waals surface area contributed by atoms with Crippen molar-refractivity contribution in [2.45, 2.75) is 39.8 Å². The number of hydrogen-bond acceptors (Lipinski definition) is 4. The highest BCUT2D eigenvalue weighted by Gasteiger charge is 2.21. The number of aromatic nitrogens is 3. The average Bonchev–Trinajstić information content (AvgIpc) is 3.14. The zero-order valence-electron chi connectivity index (χ0n) is 14.0. The summed E-state index contributed by atoms with van der Waals surface area (Å²) in [5.74, 6) is 3.58. The van der Waals surface area contributed by atoms with E-state index in [1.165, 1.54) is 9.75 Å². The third-order valence-electron chi connectivity index (χ3n) is 4.24. The van der Waals surface area contributed by atoms with Crippen molar-refractivity contribution >= 4 is 17.3 Å². The lowest BCUT2D eigenvalue weighted by Crippen LogP contribution is -2.41. The van der Waals surface area contributed by atoms with Gasteiger partial charge in [0.1, 0.15) is 11.6 Å². The normalized spacial score (nSPS) is 17.9. The van der Waals surface area contributed by atoms with Gasteiger partial charge in [-0.3, -0.25) is 4.99 Å². The Hall–Kier alpha value is -1.89. The lowest BCUT2D eigenvalue weighted by Gasteiger charge is -2.25. The monoisotopic (exact) mass is 332 g/mol. The Morgan fingerprint density at radius 2 is 2.22 bits per heavy atom. The van der Waals surface area contributed by atoms with Crippen molar-refractivity contribution in [1.29, 1.82) is 0 Å². The second kappa shape index (κ2) is 7.12. The van der Waals surface area contributed by atoms with Gasteiger partial charge in [0.25, 0.3) is 0 Å². The third-order valence-corrected chi connectivity index (χ3v) is 5.24. The molecule has 0 radical (unpaired) electrons. The van der Waals surface area contributed by atoms with Crippen LogP contribution < -0.4 is 10.6 Å². The van der Waals surface area contributed by atoms with Crippen molar-refractivity contribution in [3.63, 3.8) is 0 Å². The van der Waals surface area contributed by atoms with Crippen molar-refractivity contribution < 1.29 is 0 Å². The van der Waals surface area contributed by atoms with Gasteiger partial charge in [-0.05, 0) is 38.3 Å². The second-order valence-electron chi connectivity index (χ2n) is 6.00. The smallest absolute Gasteiger partial charge is 0.191 e. The highest BCUT2D eigenvalue weighted by Crippen LogP contribution is 2.19. The maximum atomic E-state index is 4.31. The molecule has 1 unspecified atom stereocenters. The number of fused-ring (bicyclic) bond motifs is 1. The first kappa shape index (κ1) is 16.0. The standard InChI is InChI=1S/C16H24N6S/c1-11-4-6-14(23-11)9-19-16(17-3)18-8-13-5-7-15-21-20-12(2)22(15)10-13/h4,6,13H,5,7-10H2,1-3H3,(H2,17,18,19). The molecular formula is C16H24N6S. The maximum Gasteiger partial charge on any atom is 0.191 e. The first-order valence-electron chi connectivity index (χ1n) is 8.04. The molecule has 3 rings (SSSR count). The molecule has 2 N–H and O–H groups in total. The average molecular weight is 332 g/mol. The Kier molecular flexibility index (Phi) is 4.95. The van der Waals surface area contributed by atoms with Crippen LogP contribution in [0.2, 0.25) is 0 Å². The van der Waals surface area contributed by atoms with E-state index in [2.05, 4.69) is 49.4 Å². The lowest BCUT2D eigenvalue weighted by molar-refractivity contribution is 0.358. The van der Waals surface area contributed by atoms with Gasteiger partial charge in [-0.2, -0.15) is 0 Å². The molecule has 0 fully saturated rings. The van der Waals surface area contributed by atoms with Gasteiger partial charge in [0.05, 0.1) is 6.54 Å². The van der Waals surface area contributed by atoms with Crippen LogP contribution in [0.1, 0.15) is 27.8 Å². The minimum Gasteiger partial charge on any atom is -0.356 e. The first-order valence-corrected chi connectivity index (χ1v) is 8.86. The SMILES string of the molecule is CN=C(NCc1ccc(C)s1)NCC1CCc2nnc(C)n2C1. The molecule has 0 bridgehead atoms. The van der Waals surface area contributed by atoms with Gasteiger partial charge >= 0.3 is 0 Å². The van der Waals surface area contributed by atoms with Crippen molar-refractivity contribution in [1.82, 2.24) is 25.4 Å². The maximum absolute atomic E-state index is 4.31. The van der Waals surface area contributed by atoms with Crippen LogP contribution in [-0.4, -0.2) is 34.3 Å². The molecule has 0 spiro atoms. The zero-order chi connectivity index (χ0) is 16.2. The third kappa shape index (κ3) is 3.90. The molecule has 23 heavy (non-hydrogen) atoms. The number of thiophene rings is 1. The molecule has 6 nitrogen and oxygen atoms in total. The molecule has 2 aromatic heterocycles. The largest absolute Gasteiger partial charge is 0.356 e. The van der Waals surface area contributed by atoms with Gasteiger partial charge in [0, 0.05) is 36.3 Å². The molecule has 124 valence electrons. The van der Waals surface area contributed by atoms with E-state index < -0.39 is 0 Å². The fourth-order valence-corrected chi connectivity index (χ4v) is 3.74. The zero-order valence-corrected chi connectivity index (χ0v) is 14.8. The summed E-state index contributed by atoms with van der Waals surface area (Å²) in [7, 11) is 1.82. The van der Waals surface area contributed by atoms with Gasteiger partial charge in [0.2, 0.25) is 0 Å². The van der Waals surface area contributed by atoms with Gasteiger partial charge in [0.15, 0.2) is 5.96 Å². The van der Waals surface area contributed by atoms with Crippen molar-refractivity contribution in [3.05, 3.63) is 33.5 Å². The Bertz CT molecular complexity index is 687. The van der Waals surface area contributed by atoms with Gasteiger partial charge in [-0.25, -0.2) is 0 Å². The summed E-state index contributed by atoms with van der Waals surface area (Å²) in [5.41, 5.74) is 0. The number of aryl methyl sites for hydroxylation is 3. The van der Waals surface area contributed by atoms with E-state index in [4.69, 9.17) is 0 Å². The molecule has 2 aromatic rings. The van der Waals surface area contributed by atoms with Crippen LogP contribution >= 0.6 is 11.3 Å². The molecule has 0 saturated carbocycles. The molecule has 3 heterocycles. The fourth-order valence-electron chi connectivity index (χ4n) is 2.91. The number of guanidine groups is 1. The quantitative estimate of drug-likeness (QED) is 0.663. The molecule has 1 atom stereocenters. The highest BCUT2D eigenvalue weighted by atomic mass is 32.1. The molecule has 0 aliphatic carbocycles. The Labute approximate surface area is 141 Å². The molecule has 0 amide bonds. The number of nitrogens with zero attached hydrogens (tertiary/aromatic N) is 4. The van der Waals surface area contributed by atoms with Crippen LogP contribution in [0.15, 0.2) is 17.1 Å². The number of hydrogen-bond donors (Lipinski definition) is 2. The minimum atomic E-state index is 0.583. The Morgan fingerprint density at radius 1 is 1.35 bits per heavy atom. The van der Waals surface area contributed by atoms with Crippen LogP contribution in [0, 0.1) is 19.8 Å². The van der Waals surface area contributed by atoms with Gasteiger partial charge in [-0.1, -0.05) is 0 Å². The predicted molar refractivity (Wildman–Crippen MR) is 93.8 cm³/mol. The van der Waals surface area contributed by atoms with E-state index in [1.807, 2.05) is 25.3 Å². The second-order valence-corrected chi connectivity index (χ2v) is 7.37. The Balaban J connectivity index is 1.48. The van der Waals surface area contributed by atoms with Crippen molar-refractivity contribution in [2.75, 3.05) is 13.6 Å². The van der Waals surface area contributed by atoms with E-state index in [0.717, 1.165) is 50.1 Å². The van der Waals surface area contributed by atoms with Crippen LogP contribution in [0.25, 0.3) is 0 Å². The summed E-state index contributed by atoms with van der Waals surface area (Å²) < 4.78 is 2.24. The van der Waals surface area contributed by atoms with E-state index in [9.17, 15) is 0 Å². The molecule has 1 aliphatic rings. The summed E-state index contributed by atoms with van der Waals surface area (Å²) in [6.07, 6.45) is 2.15. The van der Waals surface area contributed by atoms with E-state index in [1.54, 1.807) is 0 Å². The predicted octanol–water partition coefficient (Wildman–Crippen LogP) is 1.88. The van der Waals surface area contributed by atoms with E-state index in [0.29, 0.717) is 5.92 Å². The molecule has 0 saturated heterocycles. The number of aliphatic imine (C=N–C) groups is 1. The topological polar surface area (TPSA) is 67.1 Å². The van der Waals surface area contributed by atoms with Crippen LogP contribution in [0.5, 0.6) is 0 Å². The fraction of sp³-hybridized carbons (Fsp3) is 0.562. The summed E-state index contributed by atoms with van der Waals surface area (Å²) >= 11 is 1.82. The number of nitrogens with one attached hydrogen (secondary N) is 2. The van der Waals surface area contributed by atoms with Crippen LogP contribution in [0.3, 0.4) is 0 Å². The van der Waals surface area contributed by atoms with E-state index in [-0.39, 0.29) is 0 Å². The minimum absolute atomic E-state index is 0.583. The van der Waals surface area contributed by atoms with Gasteiger partial charge in [-0.15, -0.1) is 21.5 Å². The first-order chi connectivity index (χ1) is 11.2. The summed E-state index contributed by atoms with van der Waals surface area (Å²) in [5, 5.41) is 15.2. The molecule has 1 aliphatic heterocycles. The van der Waals surface area contributed by atoms with Gasteiger partial charge < -0.3 is 15.2 Å². The van der Waals surface area contributed by atoms with Crippen molar-refractivity contribution in [2.24, 2.45) is 10.9 Å². The Morgan fingerprint density at radius 3 is 2.96 bits per heavy atom. The highest BCUT2D eigenvalue weighted by molar-refractivity contribution is 7.11. The molecule has 7 heteroatoms. The molecular weight excluding hydrogens is 308 g/mol. The summed E-state index contributed by atoms with van der Waals surface area (Å²) in [6.45, 7) is 6.88. The van der Waals surface area contributed by atoms with Crippen molar-refractivity contribution in [3.8, 4) is 0 Å². The lowest BCUT2D eigenvalue weighted by atomic mass is 9.99. The number of rotatable bonds is 4. The van der Waals surface area contributed by atoms with Crippen LogP contribution in [0.4, 0.5) is 0 Å². The summed E-state index contributed by atoms with van der Waals surface area (Å²) in [4.78, 5) is 6.98.